The number of amides is 1. The summed E-state index contributed by atoms with van der Waals surface area (Å²) in [4.78, 5) is 14.8. The summed E-state index contributed by atoms with van der Waals surface area (Å²) in [6.07, 6.45) is 0. The fourth-order valence-corrected chi connectivity index (χ4v) is 3.71. The van der Waals surface area contributed by atoms with Crippen LogP contribution in [0.3, 0.4) is 0 Å². The summed E-state index contributed by atoms with van der Waals surface area (Å²) in [7, 11) is 3.22. The van der Waals surface area contributed by atoms with E-state index in [0.29, 0.717) is 41.7 Å². The van der Waals surface area contributed by atoms with E-state index in [1.54, 1.807) is 37.3 Å². The summed E-state index contributed by atoms with van der Waals surface area (Å²) in [5.74, 6) is 2.56. The second kappa shape index (κ2) is 6.73. The fraction of sp³-hybridized carbons (Fsp3) is 0.238. The lowest BCUT2D eigenvalue weighted by Crippen LogP contribution is -2.25. The molecule has 0 spiro atoms. The van der Waals surface area contributed by atoms with Crippen molar-refractivity contribution in [3.8, 4) is 34.3 Å². The standard InChI is InChI=1S/C21H19N3O5/c1-26-13-4-5-14(18(8-13)27-2)20-15-9-24(10-16(15)22-23-20)21(25)12-3-6-17-19(7-12)29-11-28-17/h3-8H,9-11H2,1-2H3,(H,22,23). The third-order valence-electron chi connectivity index (χ3n) is 5.22. The molecule has 3 heterocycles. The number of ether oxygens (including phenoxy) is 4. The van der Waals surface area contributed by atoms with Gasteiger partial charge in [0.15, 0.2) is 11.5 Å². The van der Waals surface area contributed by atoms with Crippen molar-refractivity contribution in [3.63, 3.8) is 0 Å². The quantitative estimate of drug-likeness (QED) is 0.734. The van der Waals surface area contributed by atoms with Crippen LogP contribution in [0.5, 0.6) is 23.0 Å². The fourth-order valence-electron chi connectivity index (χ4n) is 3.71. The number of H-pyrrole nitrogens is 1. The lowest BCUT2D eigenvalue weighted by atomic mass is 10.1. The van der Waals surface area contributed by atoms with Gasteiger partial charge in [0.1, 0.15) is 17.2 Å². The topological polar surface area (TPSA) is 85.9 Å². The number of benzene rings is 2. The van der Waals surface area contributed by atoms with E-state index in [2.05, 4.69) is 10.2 Å². The first kappa shape index (κ1) is 17.4. The van der Waals surface area contributed by atoms with Gasteiger partial charge in [0.05, 0.1) is 33.0 Å². The molecule has 1 N–H and O–H groups in total. The molecule has 0 atom stereocenters. The molecule has 5 rings (SSSR count). The molecule has 8 nitrogen and oxygen atoms in total. The van der Waals surface area contributed by atoms with E-state index in [9.17, 15) is 4.79 Å². The molecule has 0 aliphatic carbocycles. The van der Waals surface area contributed by atoms with Crippen LogP contribution < -0.4 is 18.9 Å². The monoisotopic (exact) mass is 393 g/mol. The number of carbonyl (C=O) groups excluding carboxylic acids is 1. The number of nitrogens with zero attached hydrogens (tertiary/aromatic N) is 2. The maximum Gasteiger partial charge on any atom is 0.254 e. The van der Waals surface area contributed by atoms with Crippen molar-refractivity contribution in [3.05, 3.63) is 53.2 Å². The Bertz CT molecular complexity index is 1110. The Balaban J connectivity index is 1.42. The number of methoxy groups -OCH3 is 2. The second-order valence-electron chi connectivity index (χ2n) is 6.82. The van der Waals surface area contributed by atoms with E-state index < -0.39 is 0 Å². The Labute approximate surface area is 166 Å². The van der Waals surface area contributed by atoms with E-state index in [0.717, 1.165) is 22.5 Å². The lowest BCUT2D eigenvalue weighted by Gasteiger charge is -2.16. The Morgan fingerprint density at radius 2 is 1.93 bits per heavy atom. The minimum atomic E-state index is -0.0689. The van der Waals surface area contributed by atoms with Crippen molar-refractivity contribution < 1.29 is 23.7 Å². The van der Waals surface area contributed by atoms with E-state index in [1.807, 2.05) is 18.2 Å². The van der Waals surface area contributed by atoms with Crippen LogP contribution in [-0.2, 0) is 13.1 Å². The van der Waals surface area contributed by atoms with Gasteiger partial charge in [-0.3, -0.25) is 9.89 Å². The van der Waals surface area contributed by atoms with Gasteiger partial charge < -0.3 is 23.8 Å². The Kier molecular flexibility index (Phi) is 4.04. The molecular weight excluding hydrogens is 374 g/mol. The molecule has 2 aromatic carbocycles. The van der Waals surface area contributed by atoms with E-state index in [-0.39, 0.29) is 12.7 Å². The van der Waals surface area contributed by atoms with Crippen LogP contribution in [-0.4, -0.2) is 42.0 Å². The van der Waals surface area contributed by atoms with Crippen LogP contribution in [0.15, 0.2) is 36.4 Å². The highest BCUT2D eigenvalue weighted by Crippen LogP contribution is 2.38. The van der Waals surface area contributed by atoms with E-state index in [1.165, 1.54) is 0 Å². The summed E-state index contributed by atoms with van der Waals surface area (Å²) in [6.45, 7) is 1.11. The van der Waals surface area contributed by atoms with Gasteiger partial charge in [-0.1, -0.05) is 0 Å². The van der Waals surface area contributed by atoms with Gasteiger partial charge in [-0.15, -0.1) is 0 Å². The zero-order valence-corrected chi connectivity index (χ0v) is 16.0. The molecule has 2 aliphatic rings. The number of aromatic nitrogens is 2. The van der Waals surface area contributed by atoms with Crippen molar-refractivity contribution in [1.29, 1.82) is 0 Å². The van der Waals surface area contributed by atoms with Gasteiger partial charge in [-0.2, -0.15) is 5.10 Å². The van der Waals surface area contributed by atoms with Crippen LogP contribution >= 0.6 is 0 Å². The van der Waals surface area contributed by atoms with E-state index >= 15 is 0 Å². The van der Waals surface area contributed by atoms with Crippen LogP contribution in [0.2, 0.25) is 0 Å². The molecule has 3 aromatic rings. The zero-order valence-electron chi connectivity index (χ0n) is 16.0. The average Bonchev–Trinajstić information content (AvgIpc) is 3.47. The Hall–Kier alpha value is -3.68. The largest absolute Gasteiger partial charge is 0.497 e. The van der Waals surface area contributed by atoms with Crippen molar-refractivity contribution >= 4 is 5.91 Å². The maximum atomic E-state index is 13.0. The SMILES string of the molecule is COc1ccc(-c2n[nH]c3c2CN(C(=O)c2ccc4c(c2)OCO4)C3)c(OC)c1. The molecule has 0 radical (unpaired) electrons. The maximum absolute atomic E-state index is 13.0. The van der Waals surface area contributed by atoms with Gasteiger partial charge in [0.25, 0.3) is 5.91 Å². The second-order valence-corrected chi connectivity index (χ2v) is 6.82. The molecule has 1 amide bonds. The molecule has 0 saturated carbocycles. The number of rotatable bonds is 4. The zero-order chi connectivity index (χ0) is 20.0. The minimum absolute atomic E-state index is 0.0689. The average molecular weight is 393 g/mol. The first-order valence-electron chi connectivity index (χ1n) is 9.15. The number of hydrogen-bond acceptors (Lipinski definition) is 6. The third kappa shape index (κ3) is 2.84. The summed E-state index contributed by atoms with van der Waals surface area (Å²) in [5, 5.41) is 7.53. The molecular formula is C21H19N3O5. The molecule has 8 heteroatoms. The van der Waals surface area contributed by atoms with Crippen LogP contribution in [0.25, 0.3) is 11.3 Å². The van der Waals surface area contributed by atoms with Crippen LogP contribution in [0.1, 0.15) is 21.6 Å². The Morgan fingerprint density at radius 3 is 2.76 bits per heavy atom. The number of aromatic amines is 1. The predicted molar refractivity (Wildman–Crippen MR) is 103 cm³/mol. The highest BCUT2D eigenvalue weighted by molar-refractivity contribution is 5.95. The van der Waals surface area contributed by atoms with Gasteiger partial charge in [-0.25, -0.2) is 0 Å². The highest BCUT2D eigenvalue weighted by Gasteiger charge is 2.30. The molecule has 0 bridgehead atoms. The van der Waals surface area contributed by atoms with Gasteiger partial charge >= 0.3 is 0 Å². The summed E-state index contributed by atoms with van der Waals surface area (Å²) >= 11 is 0. The van der Waals surface area contributed by atoms with Crippen molar-refractivity contribution in [1.82, 2.24) is 15.1 Å². The first-order valence-corrected chi connectivity index (χ1v) is 9.15. The third-order valence-corrected chi connectivity index (χ3v) is 5.22. The summed E-state index contributed by atoms with van der Waals surface area (Å²) in [6, 6.07) is 10.8. The number of fused-ring (bicyclic) bond motifs is 2. The number of carbonyl (C=O) groups is 1. The van der Waals surface area contributed by atoms with Crippen LogP contribution in [0.4, 0.5) is 0 Å². The molecule has 29 heavy (non-hydrogen) atoms. The van der Waals surface area contributed by atoms with Gasteiger partial charge in [-0.05, 0) is 30.3 Å². The summed E-state index contributed by atoms with van der Waals surface area (Å²) in [5.41, 5.74) is 4.11. The molecule has 2 aliphatic heterocycles. The molecule has 1 aromatic heterocycles. The van der Waals surface area contributed by atoms with E-state index in [4.69, 9.17) is 18.9 Å². The lowest BCUT2D eigenvalue weighted by molar-refractivity contribution is 0.0749. The molecule has 0 saturated heterocycles. The van der Waals surface area contributed by atoms with Crippen molar-refractivity contribution in [2.24, 2.45) is 0 Å². The van der Waals surface area contributed by atoms with Gasteiger partial charge in [0, 0.05) is 22.8 Å². The summed E-state index contributed by atoms with van der Waals surface area (Å²) < 4.78 is 21.5. The van der Waals surface area contributed by atoms with Crippen molar-refractivity contribution in [2.45, 2.75) is 13.1 Å². The molecule has 148 valence electrons. The van der Waals surface area contributed by atoms with Crippen molar-refractivity contribution in [2.75, 3.05) is 21.0 Å². The number of hydrogen-bond donors (Lipinski definition) is 1. The van der Waals surface area contributed by atoms with Crippen LogP contribution in [0, 0.1) is 0 Å². The Morgan fingerprint density at radius 1 is 1.07 bits per heavy atom. The first-order chi connectivity index (χ1) is 14.2. The highest BCUT2D eigenvalue weighted by atomic mass is 16.7. The predicted octanol–water partition coefficient (Wildman–Crippen LogP) is 2.98. The number of nitrogens with one attached hydrogen (secondary N) is 1. The normalized spacial score (nSPS) is 14.1. The minimum Gasteiger partial charge on any atom is -0.497 e. The molecule has 0 unspecified atom stereocenters. The van der Waals surface area contributed by atoms with Gasteiger partial charge in [0.2, 0.25) is 6.79 Å². The molecule has 0 fully saturated rings. The smallest absolute Gasteiger partial charge is 0.254 e.